The molecule has 0 saturated carbocycles. The summed E-state index contributed by atoms with van der Waals surface area (Å²) in [4.78, 5) is 0. The van der Waals surface area contributed by atoms with Crippen LogP contribution >= 0.6 is 23.2 Å². The highest BCUT2D eigenvalue weighted by Gasteiger charge is 2.13. The maximum atomic E-state index is 8.93. The lowest BCUT2D eigenvalue weighted by Gasteiger charge is -2.14. The fourth-order valence-electron chi connectivity index (χ4n) is 1.01. The Balaban J connectivity index is 3.01. The summed E-state index contributed by atoms with van der Waals surface area (Å²) in [5, 5.41) is 18.8. The highest BCUT2D eigenvalue weighted by Crippen LogP contribution is 2.25. The third kappa shape index (κ3) is 2.85. The largest absolute Gasteiger partial charge is 0.368 e. The molecule has 1 rings (SSSR count). The summed E-state index contributed by atoms with van der Waals surface area (Å²) in [5.41, 5.74) is 0.715. The molecule has 2 N–H and O–H groups in total. The van der Waals surface area contributed by atoms with Gasteiger partial charge in [-0.25, -0.2) is 0 Å². The van der Waals surface area contributed by atoms with Crippen molar-refractivity contribution in [3.8, 4) is 0 Å². The van der Waals surface area contributed by atoms with Crippen LogP contribution in [0.2, 0.25) is 10.0 Å². The van der Waals surface area contributed by atoms with E-state index >= 15 is 0 Å². The molecule has 0 bridgehead atoms. The second-order valence-corrected chi connectivity index (χ2v) is 3.78. The minimum absolute atomic E-state index is 0.392. The van der Waals surface area contributed by atoms with Gasteiger partial charge in [-0.2, -0.15) is 0 Å². The molecule has 72 valence electrons. The van der Waals surface area contributed by atoms with Gasteiger partial charge >= 0.3 is 0 Å². The maximum Gasteiger partial charge on any atom is 0.158 e. The van der Waals surface area contributed by atoms with Crippen molar-refractivity contribution in [2.24, 2.45) is 0 Å². The van der Waals surface area contributed by atoms with Crippen LogP contribution in [0.5, 0.6) is 0 Å². The molecule has 1 aromatic carbocycles. The van der Waals surface area contributed by atoms with Crippen molar-refractivity contribution in [1.82, 2.24) is 0 Å². The smallest absolute Gasteiger partial charge is 0.158 e. The Morgan fingerprint density at radius 1 is 1.08 bits per heavy atom. The van der Waals surface area contributed by atoms with E-state index < -0.39 is 12.2 Å². The summed E-state index contributed by atoms with van der Waals surface area (Å²) in [5.74, 6) is -0.392. The van der Waals surface area contributed by atoms with E-state index in [1.165, 1.54) is 0 Å². The summed E-state index contributed by atoms with van der Waals surface area (Å²) in [6, 6.07) is 4.93. The van der Waals surface area contributed by atoms with Crippen LogP contribution < -0.4 is 0 Å². The molecule has 0 aliphatic carbocycles. The van der Waals surface area contributed by atoms with Crippen molar-refractivity contribution >= 4 is 23.2 Å². The van der Waals surface area contributed by atoms with Crippen LogP contribution in [-0.4, -0.2) is 16.5 Å². The van der Waals surface area contributed by atoms with Crippen LogP contribution in [0.3, 0.4) is 0 Å². The van der Waals surface area contributed by atoms with E-state index in [1.807, 2.05) is 0 Å². The minimum atomic E-state index is -1.39. The molecule has 0 aromatic heterocycles. The minimum Gasteiger partial charge on any atom is -0.368 e. The second kappa shape index (κ2) is 4.29. The van der Waals surface area contributed by atoms with Crippen LogP contribution in [0.4, 0.5) is 0 Å². The predicted octanol–water partition coefficient (Wildman–Crippen LogP) is 2.41. The first-order chi connectivity index (χ1) is 6.00. The molecule has 0 amide bonds. The normalized spacial score (nSPS) is 13.4. The summed E-state index contributed by atoms with van der Waals surface area (Å²) in [7, 11) is 0. The monoisotopic (exact) mass is 220 g/mol. The first-order valence-electron chi connectivity index (χ1n) is 3.83. The Morgan fingerprint density at radius 2 is 1.54 bits per heavy atom. The molecule has 0 aliphatic heterocycles. The van der Waals surface area contributed by atoms with Crippen molar-refractivity contribution < 1.29 is 10.2 Å². The predicted molar refractivity (Wildman–Crippen MR) is 53.1 cm³/mol. The van der Waals surface area contributed by atoms with E-state index in [2.05, 4.69) is 0 Å². The van der Waals surface area contributed by atoms with E-state index in [9.17, 15) is 0 Å². The fourth-order valence-corrected chi connectivity index (χ4v) is 1.55. The quantitative estimate of drug-likeness (QED) is 0.753. The molecule has 4 heteroatoms. The highest BCUT2D eigenvalue weighted by molar-refractivity contribution is 6.34. The van der Waals surface area contributed by atoms with Gasteiger partial charge in [0, 0.05) is 16.0 Å². The molecule has 0 aliphatic rings. The molecule has 1 unspecified atom stereocenters. The number of aliphatic hydroxyl groups is 2. The van der Waals surface area contributed by atoms with Gasteiger partial charge in [-0.3, -0.25) is 0 Å². The third-order valence-electron chi connectivity index (χ3n) is 1.86. The Kier molecular flexibility index (Phi) is 3.56. The summed E-state index contributed by atoms with van der Waals surface area (Å²) >= 11 is 11.5. The molecule has 0 radical (unpaired) electrons. The standard InChI is InChI=1S/C9H10Cl2O2/c1-5(9(12)13)6-2-7(10)4-8(11)3-6/h2-5,9,12-13H,1H3. The van der Waals surface area contributed by atoms with Gasteiger partial charge in [-0.05, 0) is 23.8 Å². The van der Waals surface area contributed by atoms with Gasteiger partial charge < -0.3 is 10.2 Å². The van der Waals surface area contributed by atoms with Gasteiger partial charge in [0.2, 0.25) is 0 Å². The summed E-state index contributed by atoms with van der Waals surface area (Å²) in [6.07, 6.45) is -1.39. The van der Waals surface area contributed by atoms with Crippen LogP contribution in [-0.2, 0) is 0 Å². The molecule has 1 aromatic rings. The van der Waals surface area contributed by atoms with Gasteiger partial charge in [0.15, 0.2) is 6.29 Å². The van der Waals surface area contributed by atoms with Gasteiger partial charge in [0.1, 0.15) is 0 Å². The summed E-state index contributed by atoms with van der Waals surface area (Å²) in [6.45, 7) is 1.69. The lowest BCUT2D eigenvalue weighted by molar-refractivity contribution is -0.0561. The average Bonchev–Trinajstić information content (AvgIpc) is 2.01. The zero-order valence-electron chi connectivity index (χ0n) is 7.04. The Hall–Kier alpha value is -0.280. The van der Waals surface area contributed by atoms with Crippen molar-refractivity contribution in [2.75, 3.05) is 0 Å². The molecule has 0 saturated heterocycles. The van der Waals surface area contributed by atoms with Gasteiger partial charge in [-0.1, -0.05) is 30.1 Å². The SMILES string of the molecule is CC(c1cc(Cl)cc(Cl)c1)C(O)O. The molecular formula is C9H10Cl2O2. The van der Waals surface area contributed by atoms with Crippen molar-refractivity contribution in [2.45, 2.75) is 19.1 Å². The number of aliphatic hydroxyl groups excluding tert-OH is 1. The Bertz CT molecular complexity index is 279. The molecule has 2 nitrogen and oxygen atoms in total. The van der Waals surface area contributed by atoms with Crippen LogP contribution in [0.25, 0.3) is 0 Å². The van der Waals surface area contributed by atoms with E-state index in [4.69, 9.17) is 33.4 Å². The zero-order valence-corrected chi connectivity index (χ0v) is 8.55. The molecule has 0 spiro atoms. The number of hydrogen-bond acceptors (Lipinski definition) is 2. The number of hydrogen-bond donors (Lipinski definition) is 2. The highest BCUT2D eigenvalue weighted by atomic mass is 35.5. The van der Waals surface area contributed by atoms with Crippen molar-refractivity contribution in [3.63, 3.8) is 0 Å². The fraction of sp³-hybridized carbons (Fsp3) is 0.333. The van der Waals surface area contributed by atoms with Gasteiger partial charge in [0.25, 0.3) is 0 Å². The second-order valence-electron chi connectivity index (χ2n) is 2.91. The summed E-state index contributed by atoms with van der Waals surface area (Å²) < 4.78 is 0. The molecule has 0 heterocycles. The van der Waals surface area contributed by atoms with E-state index in [-0.39, 0.29) is 0 Å². The van der Waals surface area contributed by atoms with E-state index in [1.54, 1.807) is 25.1 Å². The van der Waals surface area contributed by atoms with Crippen molar-refractivity contribution in [3.05, 3.63) is 33.8 Å². The Labute approximate surface area is 86.7 Å². The molecule has 0 fully saturated rings. The maximum absolute atomic E-state index is 8.93. The number of halogens is 2. The van der Waals surface area contributed by atoms with E-state index in [0.717, 1.165) is 0 Å². The zero-order chi connectivity index (χ0) is 10.0. The first kappa shape index (κ1) is 10.8. The molecule has 1 atom stereocenters. The van der Waals surface area contributed by atoms with E-state index in [0.29, 0.717) is 15.6 Å². The van der Waals surface area contributed by atoms with Crippen LogP contribution in [0, 0.1) is 0 Å². The molecule has 13 heavy (non-hydrogen) atoms. The lowest BCUT2D eigenvalue weighted by Crippen LogP contribution is -2.14. The average molecular weight is 221 g/mol. The van der Waals surface area contributed by atoms with Gasteiger partial charge in [-0.15, -0.1) is 0 Å². The van der Waals surface area contributed by atoms with Crippen molar-refractivity contribution in [1.29, 1.82) is 0 Å². The third-order valence-corrected chi connectivity index (χ3v) is 2.29. The van der Waals surface area contributed by atoms with Crippen LogP contribution in [0.1, 0.15) is 18.4 Å². The van der Waals surface area contributed by atoms with Gasteiger partial charge in [0.05, 0.1) is 0 Å². The number of benzene rings is 1. The number of rotatable bonds is 2. The topological polar surface area (TPSA) is 40.5 Å². The Morgan fingerprint density at radius 3 is 1.92 bits per heavy atom. The first-order valence-corrected chi connectivity index (χ1v) is 4.58. The molecular weight excluding hydrogens is 211 g/mol. The lowest BCUT2D eigenvalue weighted by atomic mass is 10.0. The van der Waals surface area contributed by atoms with Crippen LogP contribution in [0.15, 0.2) is 18.2 Å².